The van der Waals surface area contributed by atoms with Crippen LogP contribution in [0.2, 0.25) is 0 Å². The quantitative estimate of drug-likeness (QED) is 0.454. The minimum atomic E-state index is -0.276. The lowest BCUT2D eigenvalue weighted by molar-refractivity contribution is -0.141. The normalized spacial score (nSPS) is 19.1. The molecule has 1 aliphatic rings. The molecular formula is C9H9NO2S2. The zero-order valence-electron chi connectivity index (χ0n) is 7.57. The summed E-state index contributed by atoms with van der Waals surface area (Å²) in [4.78, 5) is 15.5. The molecule has 0 saturated carbocycles. The Balaban J connectivity index is 2.44. The van der Waals surface area contributed by atoms with E-state index in [0.29, 0.717) is 3.95 Å². The number of rotatable bonds is 1. The summed E-state index contributed by atoms with van der Waals surface area (Å²) in [5.74, 6) is -0.505. The van der Waals surface area contributed by atoms with E-state index in [1.54, 1.807) is 0 Å². The molecule has 1 aliphatic carbocycles. The van der Waals surface area contributed by atoms with Crippen molar-refractivity contribution in [3.05, 3.63) is 26.7 Å². The molecule has 5 heteroatoms. The number of H-pyrrole nitrogens is 1. The van der Waals surface area contributed by atoms with E-state index in [1.807, 2.05) is 12.2 Å². The van der Waals surface area contributed by atoms with Crippen LogP contribution in [-0.2, 0) is 16.0 Å². The van der Waals surface area contributed by atoms with Crippen molar-refractivity contribution >= 4 is 29.5 Å². The molecule has 0 spiro atoms. The zero-order valence-corrected chi connectivity index (χ0v) is 9.21. The minimum Gasteiger partial charge on any atom is -0.468 e. The molecule has 1 aromatic rings. The second kappa shape index (κ2) is 3.67. The van der Waals surface area contributed by atoms with Gasteiger partial charge in [0.1, 0.15) is 5.92 Å². The number of esters is 1. The first-order valence-electron chi connectivity index (χ1n) is 4.18. The Morgan fingerprint density at radius 1 is 1.79 bits per heavy atom. The van der Waals surface area contributed by atoms with Crippen molar-refractivity contribution in [2.75, 3.05) is 7.11 Å². The summed E-state index contributed by atoms with van der Waals surface area (Å²) in [6, 6.07) is 0. The third-order valence-corrected chi connectivity index (χ3v) is 3.50. The molecule has 1 atom stereocenters. The van der Waals surface area contributed by atoms with Gasteiger partial charge in [-0.1, -0.05) is 12.2 Å². The molecule has 2 rings (SSSR count). The molecule has 3 nitrogen and oxygen atoms in total. The summed E-state index contributed by atoms with van der Waals surface area (Å²) in [5, 5.41) is 0. The minimum absolute atomic E-state index is 0.229. The second-order valence-corrected chi connectivity index (χ2v) is 4.71. The van der Waals surface area contributed by atoms with E-state index in [9.17, 15) is 4.79 Å². The van der Waals surface area contributed by atoms with Crippen LogP contribution in [0.3, 0.4) is 0 Å². The van der Waals surface area contributed by atoms with E-state index in [4.69, 9.17) is 17.0 Å². The Bertz CT molecular complexity index is 444. The highest BCUT2D eigenvalue weighted by Crippen LogP contribution is 2.31. The van der Waals surface area contributed by atoms with Crippen LogP contribution in [0.5, 0.6) is 0 Å². The SMILES string of the molecule is COC(=O)C1C=CCc2[nH]c(=S)sc21. The van der Waals surface area contributed by atoms with E-state index < -0.39 is 0 Å². The molecule has 1 unspecified atom stereocenters. The van der Waals surface area contributed by atoms with Gasteiger partial charge in [0.05, 0.1) is 7.11 Å². The number of allylic oxidation sites excluding steroid dienone is 1. The van der Waals surface area contributed by atoms with Gasteiger partial charge < -0.3 is 9.72 Å². The van der Waals surface area contributed by atoms with Crippen LogP contribution in [0, 0.1) is 3.95 Å². The van der Waals surface area contributed by atoms with Crippen molar-refractivity contribution in [3.63, 3.8) is 0 Å². The number of nitrogens with one attached hydrogen (secondary N) is 1. The fourth-order valence-electron chi connectivity index (χ4n) is 1.50. The van der Waals surface area contributed by atoms with Crippen LogP contribution < -0.4 is 0 Å². The number of hydrogen-bond acceptors (Lipinski definition) is 4. The summed E-state index contributed by atoms with van der Waals surface area (Å²) >= 11 is 6.49. The van der Waals surface area contributed by atoms with Crippen LogP contribution in [0.25, 0.3) is 0 Å². The molecule has 74 valence electrons. The van der Waals surface area contributed by atoms with Gasteiger partial charge in [-0.3, -0.25) is 4.79 Å². The number of carbonyl (C=O) groups excluding carboxylic acids is 1. The second-order valence-electron chi connectivity index (χ2n) is 2.99. The zero-order chi connectivity index (χ0) is 10.1. The maximum absolute atomic E-state index is 11.4. The number of thiazole rings is 1. The number of aromatic nitrogens is 1. The number of fused-ring (bicyclic) bond motifs is 1. The third kappa shape index (κ3) is 1.53. The summed E-state index contributed by atoms with van der Waals surface area (Å²) < 4.78 is 5.44. The molecule has 0 radical (unpaired) electrons. The number of carbonyl (C=O) groups is 1. The van der Waals surface area contributed by atoms with Crippen molar-refractivity contribution in [1.29, 1.82) is 0 Å². The first-order chi connectivity index (χ1) is 6.72. The Hall–Kier alpha value is -0.940. The van der Waals surface area contributed by atoms with Crippen molar-refractivity contribution in [2.24, 2.45) is 0 Å². The van der Waals surface area contributed by atoms with Gasteiger partial charge in [-0.15, -0.1) is 11.3 Å². The van der Waals surface area contributed by atoms with E-state index in [1.165, 1.54) is 18.4 Å². The van der Waals surface area contributed by atoms with E-state index >= 15 is 0 Å². The highest BCUT2D eigenvalue weighted by Gasteiger charge is 2.25. The molecule has 1 heterocycles. The fourth-order valence-corrected chi connectivity index (χ4v) is 2.82. The summed E-state index contributed by atoms with van der Waals surface area (Å²) in [6.45, 7) is 0. The van der Waals surface area contributed by atoms with Crippen LogP contribution >= 0.6 is 23.6 Å². The number of hydrogen-bond donors (Lipinski definition) is 1. The molecule has 1 N–H and O–H groups in total. The Labute approximate surface area is 90.4 Å². The monoisotopic (exact) mass is 227 g/mol. The highest BCUT2D eigenvalue weighted by molar-refractivity contribution is 7.73. The average molecular weight is 227 g/mol. The summed E-state index contributed by atoms with van der Waals surface area (Å²) in [5.41, 5.74) is 1.04. The first kappa shape index (κ1) is 9.61. The molecule has 0 aromatic carbocycles. The van der Waals surface area contributed by atoms with Crippen LogP contribution in [0.4, 0.5) is 0 Å². The Morgan fingerprint density at radius 3 is 3.29 bits per heavy atom. The van der Waals surface area contributed by atoms with Crippen LogP contribution in [0.15, 0.2) is 12.2 Å². The Morgan fingerprint density at radius 2 is 2.57 bits per heavy atom. The fraction of sp³-hybridized carbons (Fsp3) is 0.333. The molecule has 14 heavy (non-hydrogen) atoms. The van der Waals surface area contributed by atoms with Gasteiger partial charge in [0.2, 0.25) is 0 Å². The maximum atomic E-state index is 11.4. The molecule has 0 fully saturated rings. The maximum Gasteiger partial charge on any atom is 0.317 e. The number of aromatic amines is 1. The van der Waals surface area contributed by atoms with Crippen molar-refractivity contribution in [1.82, 2.24) is 4.98 Å². The molecule has 0 amide bonds. The average Bonchev–Trinajstić information content (AvgIpc) is 2.56. The van der Waals surface area contributed by atoms with Gasteiger partial charge >= 0.3 is 5.97 Å². The lowest BCUT2D eigenvalue weighted by atomic mass is 9.99. The molecule has 0 bridgehead atoms. The molecule has 0 aliphatic heterocycles. The smallest absolute Gasteiger partial charge is 0.317 e. The van der Waals surface area contributed by atoms with Gasteiger partial charge in [-0.05, 0) is 12.2 Å². The molecule has 0 saturated heterocycles. The Kier molecular flexibility index (Phi) is 2.52. The van der Waals surface area contributed by atoms with Crippen LogP contribution in [-0.4, -0.2) is 18.1 Å². The van der Waals surface area contributed by atoms with Gasteiger partial charge in [0.25, 0.3) is 0 Å². The summed E-state index contributed by atoms with van der Waals surface area (Å²) in [7, 11) is 1.40. The third-order valence-electron chi connectivity index (χ3n) is 2.14. The van der Waals surface area contributed by atoms with Gasteiger partial charge in [-0.25, -0.2) is 0 Å². The topological polar surface area (TPSA) is 42.1 Å². The predicted octanol–water partition coefficient (Wildman–Crippen LogP) is 2.17. The largest absolute Gasteiger partial charge is 0.468 e. The lowest BCUT2D eigenvalue weighted by Gasteiger charge is -2.13. The van der Waals surface area contributed by atoms with Crippen molar-refractivity contribution < 1.29 is 9.53 Å². The number of ether oxygens (including phenoxy) is 1. The predicted molar refractivity (Wildman–Crippen MR) is 57.1 cm³/mol. The lowest BCUT2D eigenvalue weighted by Crippen LogP contribution is -2.14. The van der Waals surface area contributed by atoms with Gasteiger partial charge in [-0.2, -0.15) is 0 Å². The van der Waals surface area contributed by atoms with Crippen molar-refractivity contribution in [2.45, 2.75) is 12.3 Å². The molecule has 1 aromatic heterocycles. The van der Waals surface area contributed by atoms with E-state index in [-0.39, 0.29) is 11.9 Å². The first-order valence-corrected chi connectivity index (χ1v) is 5.41. The molecular weight excluding hydrogens is 218 g/mol. The van der Waals surface area contributed by atoms with Gasteiger partial charge in [0.15, 0.2) is 3.95 Å². The van der Waals surface area contributed by atoms with Gasteiger partial charge in [0, 0.05) is 17.0 Å². The standard InChI is InChI=1S/C9H9NO2S2/c1-12-8(11)5-3-2-4-6-7(5)14-9(13)10-6/h2-3,5H,4H2,1H3,(H,10,13). The van der Waals surface area contributed by atoms with E-state index in [2.05, 4.69) is 4.98 Å². The number of methoxy groups -OCH3 is 1. The summed E-state index contributed by atoms with van der Waals surface area (Å²) in [6.07, 6.45) is 4.64. The van der Waals surface area contributed by atoms with E-state index in [0.717, 1.165) is 17.0 Å². The highest BCUT2D eigenvalue weighted by atomic mass is 32.1. The van der Waals surface area contributed by atoms with Crippen molar-refractivity contribution in [3.8, 4) is 0 Å². The van der Waals surface area contributed by atoms with Crippen LogP contribution in [0.1, 0.15) is 16.5 Å².